The van der Waals surface area contributed by atoms with Gasteiger partial charge in [0.15, 0.2) is 17.3 Å². The maximum atomic E-state index is 12.1. The first kappa shape index (κ1) is 13.3. The van der Waals surface area contributed by atoms with E-state index < -0.39 is 12.1 Å². The summed E-state index contributed by atoms with van der Waals surface area (Å²) in [7, 11) is 1.19. The first-order valence-corrected chi connectivity index (χ1v) is 4.85. The average molecular weight is 248 g/mol. The third kappa shape index (κ3) is 3.37. The smallest absolute Gasteiger partial charge is 0.492 e. The molecule has 0 saturated heterocycles. The number of carbonyl (C=O) groups excluding carboxylic acids is 1. The quantitative estimate of drug-likeness (QED) is 0.767. The van der Waals surface area contributed by atoms with Gasteiger partial charge >= 0.3 is 6.36 Å². The lowest BCUT2D eigenvalue weighted by Crippen LogP contribution is -2.18. The van der Waals surface area contributed by atoms with E-state index in [1.165, 1.54) is 19.2 Å². The highest BCUT2D eigenvalue weighted by molar-refractivity contribution is 5.99. The van der Waals surface area contributed by atoms with E-state index >= 15 is 0 Å². The molecule has 1 aromatic carbocycles. The summed E-state index contributed by atoms with van der Waals surface area (Å²) in [5.41, 5.74) is 0.0803. The number of benzene rings is 1. The Morgan fingerprint density at radius 2 is 2.00 bits per heavy atom. The summed E-state index contributed by atoms with van der Waals surface area (Å²) >= 11 is 0. The molecule has 1 aromatic rings. The van der Waals surface area contributed by atoms with Gasteiger partial charge < -0.3 is 9.47 Å². The highest BCUT2D eigenvalue weighted by Gasteiger charge is 2.33. The summed E-state index contributed by atoms with van der Waals surface area (Å²) < 4.78 is 44.9. The van der Waals surface area contributed by atoms with Crippen molar-refractivity contribution in [1.29, 1.82) is 0 Å². The molecule has 0 radical (unpaired) electrons. The number of hydrogen-bond donors (Lipinski definition) is 0. The third-order valence-electron chi connectivity index (χ3n) is 2.03. The molecular formula is C11H11F3O3. The third-order valence-corrected chi connectivity index (χ3v) is 2.03. The van der Waals surface area contributed by atoms with Crippen LogP contribution in [0.5, 0.6) is 11.5 Å². The van der Waals surface area contributed by atoms with Crippen molar-refractivity contribution in [1.82, 2.24) is 0 Å². The van der Waals surface area contributed by atoms with Crippen molar-refractivity contribution < 1.29 is 27.4 Å². The Morgan fingerprint density at radius 3 is 2.47 bits per heavy atom. The second-order valence-corrected chi connectivity index (χ2v) is 3.16. The standard InChI is InChI=1S/C11H11F3O3/c1-3-8(15)7-5-4-6-9(10(7)16-2)17-11(12,13)14/h4-6H,3H2,1-2H3. The van der Waals surface area contributed by atoms with E-state index in [1.54, 1.807) is 6.92 Å². The van der Waals surface area contributed by atoms with E-state index in [0.717, 1.165) is 6.07 Å². The maximum absolute atomic E-state index is 12.1. The summed E-state index contributed by atoms with van der Waals surface area (Å²) in [6.07, 6.45) is -4.65. The maximum Gasteiger partial charge on any atom is 0.573 e. The molecule has 1 rings (SSSR count). The fourth-order valence-corrected chi connectivity index (χ4v) is 1.34. The number of para-hydroxylation sites is 1. The van der Waals surface area contributed by atoms with Gasteiger partial charge in [0.2, 0.25) is 0 Å². The molecule has 0 bridgehead atoms. The van der Waals surface area contributed by atoms with Crippen LogP contribution in [0, 0.1) is 0 Å². The number of halogens is 3. The van der Waals surface area contributed by atoms with Gasteiger partial charge in [-0.2, -0.15) is 0 Å². The molecule has 0 amide bonds. The molecule has 0 N–H and O–H groups in total. The van der Waals surface area contributed by atoms with E-state index in [1.807, 2.05) is 0 Å². The van der Waals surface area contributed by atoms with Crippen LogP contribution in [0.15, 0.2) is 18.2 Å². The zero-order valence-electron chi connectivity index (χ0n) is 9.30. The Balaban J connectivity index is 3.19. The van der Waals surface area contributed by atoms with E-state index in [-0.39, 0.29) is 23.5 Å². The molecule has 0 saturated carbocycles. The fraction of sp³-hybridized carbons (Fsp3) is 0.364. The van der Waals surface area contributed by atoms with Gasteiger partial charge in [0.25, 0.3) is 0 Å². The van der Waals surface area contributed by atoms with Crippen LogP contribution in [0.1, 0.15) is 23.7 Å². The summed E-state index contributed by atoms with van der Waals surface area (Å²) in [6.45, 7) is 1.61. The van der Waals surface area contributed by atoms with E-state index in [4.69, 9.17) is 4.74 Å². The first-order chi connectivity index (χ1) is 7.89. The first-order valence-electron chi connectivity index (χ1n) is 4.85. The number of alkyl halides is 3. The highest BCUT2D eigenvalue weighted by Crippen LogP contribution is 2.35. The molecule has 0 aliphatic heterocycles. The van der Waals surface area contributed by atoms with Crippen molar-refractivity contribution in [3.8, 4) is 11.5 Å². The van der Waals surface area contributed by atoms with Crippen LogP contribution in [0.4, 0.5) is 13.2 Å². The Hall–Kier alpha value is -1.72. The largest absolute Gasteiger partial charge is 0.573 e. The zero-order chi connectivity index (χ0) is 13.1. The normalized spacial score (nSPS) is 11.1. The van der Waals surface area contributed by atoms with Crippen molar-refractivity contribution in [2.24, 2.45) is 0 Å². The van der Waals surface area contributed by atoms with Crippen LogP contribution in [0.3, 0.4) is 0 Å². The van der Waals surface area contributed by atoms with Crippen LogP contribution in [0.2, 0.25) is 0 Å². The van der Waals surface area contributed by atoms with Crippen LogP contribution in [-0.2, 0) is 0 Å². The van der Waals surface area contributed by atoms with Gasteiger partial charge in [-0.1, -0.05) is 13.0 Å². The number of carbonyl (C=O) groups is 1. The van der Waals surface area contributed by atoms with Gasteiger partial charge in [-0.25, -0.2) is 0 Å². The summed E-state index contributed by atoms with van der Waals surface area (Å²) in [5, 5.41) is 0. The molecule has 0 unspecified atom stereocenters. The number of hydrogen-bond acceptors (Lipinski definition) is 3. The molecular weight excluding hydrogens is 237 g/mol. The Morgan fingerprint density at radius 1 is 1.35 bits per heavy atom. The van der Waals surface area contributed by atoms with E-state index in [0.29, 0.717) is 0 Å². The molecule has 0 atom stereocenters. The molecule has 0 heterocycles. The number of rotatable bonds is 4. The number of Topliss-reactive ketones (excluding diaryl/α,β-unsaturated/α-hetero) is 1. The van der Waals surface area contributed by atoms with Crippen molar-refractivity contribution in [2.75, 3.05) is 7.11 Å². The highest BCUT2D eigenvalue weighted by atomic mass is 19.4. The summed E-state index contributed by atoms with van der Waals surface area (Å²) in [5.74, 6) is -1.02. The van der Waals surface area contributed by atoms with Crippen molar-refractivity contribution in [2.45, 2.75) is 19.7 Å². The second-order valence-electron chi connectivity index (χ2n) is 3.16. The molecule has 17 heavy (non-hydrogen) atoms. The molecule has 0 spiro atoms. The monoisotopic (exact) mass is 248 g/mol. The van der Waals surface area contributed by atoms with Crippen LogP contribution >= 0.6 is 0 Å². The lowest BCUT2D eigenvalue weighted by Gasteiger charge is -2.14. The lowest BCUT2D eigenvalue weighted by molar-refractivity contribution is -0.275. The molecule has 6 heteroatoms. The van der Waals surface area contributed by atoms with E-state index in [9.17, 15) is 18.0 Å². The minimum atomic E-state index is -4.82. The second kappa shape index (κ2) is 5.07. The Kier molecular flexibility index (Phi) is 3.98. The van der Waals surface area contributed by atoms with Gasteiger partial charge in [-0.05, 0) is 12.1 Å². The van der Waals surface area contributed by atoms with Crippen LogP contribution in [-0.4, -0.2) is 19.3 Å². The molecule has 0 aliphatic carbocycles. The van der Waals surface area contributed by atoms with Crippen LogP contribution in [0.25, 0.3) is 0 Å². The number of methoxy groups -OCH3 is 1. The van der Waals surface area contributed by atoms with Crippen molar-refractivity contribution in [3.05, 3.63) is 23.8 Å². The Bertz CT molecular complexity index is 413. The zero-order valence-corrected chi connectivity index (χ0v) is 9.30. The molecule has 3 nitrogen and oxygen atoms in total. The predicted octanol–water partition coefficient (Wildman–Crippen LogP) is 3.19. The van der Waals surface area contributed by atoms with Crippen molar-refractivity contribution in [3.63, 3.8) is 0 Å². The minimum Gasteiger partial charge on any atom is -0.492 e. The molecule has 94 valence electrons. The SMILES string of the molecule is CCC(=O)c1cccc(OC(F)(F)F)c1OC. The van der Waals surface area contributed by atoms with Gasteiger partial charge in [0.1, 0.15) is 0 Å². The van der Waals surface area contributed by atoms with Gasteiger partial charge in [-0.15, -0.1) is 13.2 Å². The fourth-order valence-electron chi connectivity index (χ4n) is 1.34. The Labute approximate surface area is 96.1 Å². The summed E-state index contributed by atoms with van der Waals surface area (Å²) in [4.78, 5) is 11.5. The van der Waals surface area contributed by atoms with Gasteiger partial charge in [0, 0.05) is 6.42 Å². The number of ether oxygens (including phenoxy) is 2. The minimum absolute atomic E-state index is 0.0803. The summed E-state index contributed by atoms with van der Waals surface area (Å²) in [6, 6.07) is 3.80. The number of ketones is 1. The van der Waals surface area contributed by atoms with Gasteiger partial charge in [0.05, 0.1) is 12.7 Å². The van der Waals surface area contributed by atoms with Crippen molar-refractivity contribution >= 4 is 5.78 Å². The van der Waals surface area contributed by atoms with E-state index in [2.05, 4.69) is 4.74 Å². The average Bonchev–Trinajstić information content (AvgIpc) is 2.25. The lowest BCUT2D eigenvalue weighted by atomic mass is 10.1. The topological polar surface area (TPSA) is 35.5 Å². The molecule has 0 aliphatic rings. The van der Waals surface area contributed by atoms with Crippen LogP contribution < -0.4 is 9.47 Å². The predicted molar refractivity (Wildman–Crippen MR) is 54.3 cm³/mol. The molecule has 0 aromatic heterocycles. The molecule has 0 fully saturated rings. The van der Waals surface area contributed by atoms with Gasteiger partial charge in [-0.3, -0.25) is 4.79 Å².